The molecule has 0 saturated carbocycles. The number of thioether (sulfide) groups is 1. The predicted molar refractivity (Wildman–Crippen MR) is 135 cm³/mol. The number of rotatable bonds is 7. The Kier molecular flexibility index (Phi) is 11.4. The molecule has 2 aliphatic rings. The number of carbonyl (C=O) groups excluding carboxylic acids is 1. The van der Waals surface area contributed by atoms with Crippen molar-refractivity contribution in [1.29, 1.82) is 0 Å². The summed E-state index contributed by atoms with van der Waals surface area (Å²) in [6.07, 6.45) is 4.95. The minimum absolute atomic E-state index is 0. The maximum Gasteiger partial charge on any atom is 0.225 e. The van der Waals surface area contributed by atoms with E-state index < -0.39 is 0 Å². The van der Waals surface area contributed by atoms with E-state index in [1.165, 1.54) is 0 Å². The molecule has 2 fully saturated rings. The maximum absolute atomic E-state index is 12.8. The van der Waals surface area contributed by atoms with Gasteiger partial charge in [0, 0.05) is 45.7 Å². The van der Waals surface area contributed by atoms with Gasteiger partial charge in [-0.1, -0.05) is 0 Å². The van der Waals surface area contributed by atoms with Crippen LogP contribution >= 0.6 is 35.7 Å². The van der Waals surface area contributed by atoms with E-state index in [-0.39, 0.29) is 29.9 Å². The zero-order chi connectivity index (χ0) is 21.3. The fourth-order valence-electron chi connectivity index (χ4n) is 3.80. The highest BCUT2D eigenvalue weighted by Crippen LogP contribution is 2.20. The molecule has 3 rings (SSSR count). The Hall–Kier alpha value is -1.08. The van der Waals surface area contributed by atoms with Gasteiger partial charge in [0.2, 0.25) is 5.91 Å². The minimum Gasteiger partial charge on any atom is -0.378 e. The van der Waals surface area contributed by atoms with Gasteiger partial charge < -0.3 is 24.4 Å². The van der Waals surface area contributed by atoms with Crippen molar-refractivity contribution in [2.24, 2.45) is 18.0 Å². The summed E-state index contributed by atoms with van der Waals surface area (Å²) in [6, 6.07) is 0. The largest absolute Gasteiger partial charge is 0.378 e. The molecule has 0 atom stereocenters. The van der Waals surface area contributed by atoms with Crippen molar-refractivity contribution in [2.75, 3.05) is 57.9 Å². The van der Waals surface area contributed by atoms with Crippen molar-refractivity contribution in [3.63, 3.8) is 0 Å². The second kappa shape index (κ2) is 13.5. The second-order valence-electron chi connectivity index (χ2n) is 7.83. The molecule has 0 radical (unpaired) electrons. The van der Waals surface area contributed by atoms with Gasteiger partial charge in [0.05, 0.1) is 13.2 Å². The van der Waals surface area contributed by atoms with Crippen molar-refractivity contribution in [1.82, 2.24) is 29.9 Å². The van der Waals surface area contributed by atoms with E-state index in [0.29, 0.717) is 25.7 Å². The van der Waals surface area contributed by atoms with Crippen LogP contribution in [0.3, 0.4) is 0 Å². The molecule has 1 aromatic heterocycles. The van der Waals surface area contributed by atoms with E-state index in [9.17, 15) is 4.79 Å². The Morgan fingerprint density at radius 1 is 1.19 bits per heavy atom. The summed E-state index contributed by atoms with van der Waals surface area (Å²) in [6.45, 7) is 7.77. The van der Waals surface area contributed by atoms with Gasteiger partial charge in [-0.15, -0.1) is 34.2 Å². The van der Waals surface area contributed by atoms with Crippen LogP contribution in [-0.2, 0) is 23.1 Å². The highest BCUT2D eigenvalue weighted by molar-refractivity contribution is 14.0. The SMILES string of the molecule is CSCCCNC(=NCc1nnc(C)n1C)N1CCC(C(=O)N2CCOCC2)CC1.I. The number of nitrogens with zero attached hydrogens (tertiary/aromatic N) is 6. The third-order valence-corrected chi connectivity index (χ3v) is 6.52. The van der Waals surface area contributed by atoms with E-state index in [1.807, 2.05) is 35.2 Å². The van der Waals surface area contributed by atoms with Crippen molar-refractivity contribution in [3.05, 3.63) is 11.6 Å². The molecule has 2 aliphatic heterocycles. The third-order valence-electron chi connectivity index (χ3n) is 5.83. The molecule has 0 aromatic carbocycles. The molecule has 0 spiro atoms. The van der Waals surface area contributed by atoms with Crippen LogP contribution < -0.4 is 5.32 Å². The molecule has 2 saturated heterocycles. The van der Waals surface area contributed by atoms with Crippen molar-refractivity contribution >= 4 is 47.6 Å². The molecule has 176 valence electrons. The smallest absolute Gasteiger partial charge is 0.225 e. The second-order valence-corrected chi connectivity index (χ2v) is 8.82. The van der Waals surface area contributed by atoms with Crippen LogP contribution in [0.25, 0.3) is 0 Å². The number of guanidine groups is 1. The number of ether oxygens (including phenoxy) is 1. The lowest BCUT2D eigenvalue weighted by atomic mass is 9.95. The average molecular weight is 566 g/mol. The Morgan fingerprint density at radius 2 is 1.90 bits per heavy atom. The molecule has 31 heavy (non-hydrogen) atoms. The Balaban J connectivity index is 0.00000341. The lowest BCUT2D eigenvalue weighted by Gasteiger charge is -2.36. The Labute approximate surface area is 206 Å². The van der Waals surface area contributed by atoms with Crippen molar-refractivity contribution in [2.45, 2.75) is 32.7 Å². The third kappa shape index (κ3) is 7.48. The molecule has 1 N–H and O–H groups in total. The quantitative estimate of drug-likeness (QED) is 0.232. The summed E-state index contributed by atoms with van der Waals surface area (Å²) in [7, 11) is 1.97. The van der Waals surface area contributed by atoms with E-state index in [4.69, 9.17) is 9.73 Å². The number of aromatic nitrogens is 3. The molecule has 1 aromatic rings. The fraction of sp³-hybridized carbons (Fsp3) is 0.800. The molecular formula is C20H36IN7O2S. The summed E-state index contributed by atoms with van der Waals surface area (Å²) in [4.78, 5) is 21.9. The summed E-state index contributed by atoms with van der Waals surface area (Å²) in [5.41, 5.74) is 0. The molecule has 3 heterocycles. The highest BCUT2D eigenvalue weighted by atomic mass is 127. The first-order valence-corrected chi connectivity index (χ1v) is 12.2. The summed E-state index contributed by atoms with van der Waals surface area (Å²) in [5, 5.41) is 11.9. The van der Waals surface area contributed by atoms with Gasteiger partial charge in [0.25, 0.3) is 0 Å². The summed E-state index contributed by atoms with van der Waals surface area (Å²) >= 11 is 1.85. The van der Waals surface area contributed by atoms with Crippen LogP contribution in [0.15, 0.2) is 4.99 Å². The van der Waals surface area contributed by atoms with Crippen LogP contribution in [0, 0.1) is 12.8 Å². The van der Waals surface area contributed by atoms with Crippen molar-refractivity contribution < 1.29 is 9.53 Å². The van der Waals surface area contributed by atoms with E-state index in [1.54, 1.807) is 0 Å². The number of aryl methyl sites for hydroxylation is 1. The Bertz CT molecular complexity index is 716. The number of halogens is 1. The standard InChI is InChI=1S/C20H35N7O2S.HI/c1-16-23-24-18(25(16)2)15-22-20(21-7-4-14-30-3)27-8-5-17(6-9-27)19(28)26-10-12-29-13-11-26;/h17H,4-15H2,1-3H3,(H,21,22);1H. The zero-order valence-electron chi connectivity index (χ0n) is 18.9. The van der Waals surface area contributed by atoms with Crippen molar-refractivity contribution in [3.8, 4) is 0 Å². The lowest BCUT2D eigenvalue weighted by Crippen LogP contribution is -2.50. The molecule has 1 amide bonds. The van der Waals surface area contributed by atoms with Crippen LogP contribution in [0.4, 0.5) is 0 Å². The number of carbonyl (C=O) groups is 1. The number of likely N-dealkylation sites (tertiary alicyclic amines) is 1. The van der Waals surface area contributed by atoms with Gasteiger partial charge in [-0.2, -0.15) is 11.8 Å². The number of hydrogen-bond donors (Lipinski definition) is 1. The molecule has 0 bridgehead atoms. The van der Waals surface area contributed by atoms with Gasteiger partial charge >= 0.3 is 0 Å². The van der Waals surface area contributed by atoms with E-state index >= 15 is 0 Å². The van der Waals surface area contributed by atoms with Crippen LogP contribution in [0.1, 0.15) is 30.9 Å². The van der Waals surface area contributed by atoms with Gasteiger partial charge in [0.15, 0.2) is 11.8 Å². The summed E-state index contributed by atoms with van der Waals surface area (Å²) < 4.78 is 7.35. The first kappa shape index (κ1) is 26.2. The highest BCUT2D eigenvalue weighted by Gasteiger charge is 2.30. The monoisotopic (exact) mass is 565 g/mol. The van der Waals surface area contributed by atoms with Crippen LogP contribution in [0.2, 0.25) is 0 Å². The molecule has 9 nitrogen and oxygen atoms in total. The normalized spacial score (nSPS) is 18.1. The first-order chi connectivity index (χ1) is 14.6. The fourth-order valence-corrected chi connectivity index (χ4v) is 4.23. The number of amides is 1. The molecule has 0 unspecified atom stereocenters. The molecule has 0 aliphatic carbocycles. The van der Waals surface area contributed by atoms with Crippen LogP contribution in [0.5, 0.6) is 0 Å². The topological polar surface area (TPSA) is 87.9 Å². The number of morpholine rings is 1. The minimum atomic E-state index is 0. The number of nitrogens with one attached hydrogen (secondary N) is 1. The zero-order valence-corrected chi connectivity index (χ0v) is 22.0. The van der Waals surface area contributed by atoms with Crippen LogP contribution in [-0.4, -0.2) is 94.4 Å². The Morgan fingerprint density at radius 3 is 2.52 bits per heavy atom. The molecular weight excluding hydrogens is 529 g/mol. The lowest BCUT2D eigenvalue weighted by molar-refractivity contribution is -0.140. The number of piperidine rings is 1. The molecule has 11 heteroatoms. The maximum atomic E-state index is 12.8. The van der Waals surface area contributed by atoms with Gasteiger partial charge in [0.1, 0.15) is 12.4 Å². The van der Waals surface area contributed by atoms with Gasteiger partial charge in [-0.25, -0.2) is 4.99 Å². The first-order valence-electron chi connectivity index (χ1n) is 10.8. The predicted octanol–water partition coefficient (Wildman–Crippen LogP) is 1.51. The number of hydrogen-bond acceptors (Lipinski definition) is 6. The van der Waals surface area contributed by atoms with E-state index in [0.717, 1.165) is 75.3 Å². The summed E-state index contributed by atoms with van der Waals surface area (Å²) in [5.74, 6) is 4.18. The van der Waals surface area contributed by atoms with Gasteiger partial charge in [-0.3, -0.25) is 4.79 Å². The van der Waals surface area contributed by atoms with E-state index in [2.05, 4.69) is 26.7 Å². The van der Waals surface area contributed by atoms with Gasteiger partial charge in [-0.05, 0) is 38.2 Å². The average Bonchev–Trinajstić information content (AvgIpc) is 3.11. The number of aliphatic imine (C=N–C) groups is 1.